The number of halogens is 1. The molecular weight excluding hydrogens is 319 g/mol. The second kappa shape index (κ2) is 8.51. The fourth-order valence-electron chi connectivity index (χ4n) is 2.89. The van der Waals surface area contributed by atoms with E-state index in [1.807, 2.05) is 23.1 Å². The Morgan fingerprint density at radius 1 is 1.04 bits per heavy atom. The Morgan fingerprint density at radius 2 is 1.76 bits per heavy atom. The molecule has 0 saturated carbocycles. The van der Waals surface area contributed by atoms with Gasteiger partial charge >= 0.3 is 6.03 Å². The first-order chi connectivity index (χ1) is 12.2. The quantitative estimate of drug-likeness (QED) is 0.866. The highest BCUT2D eigenvalue weighted by Crippen LogP contribution is 2.20. The van der Waals surface area contributed by atoms with Crippen molar-refractivity contribution in [1.82, 2.24) is 4.90 Å². The number of anilines is 1. The molecular formula is C20H23FN2O2. The Morgan fingerprint density at radius 3 is 2.48 bits per heavy atom. The molecule has 0 atom stereocenters. The van der Waals surface area contributed by atoms with Crippen LogP contribution >= 0.6 is 0 Å². The highest BCUT2D eigenvalue weighted by Gasteiger charge is 2.15. The summed E-state index contributed by atoms with van der Waals surface area (Å²) >= 11 is 0. The Hall–Kier alpha value is -2.56. The summed E-state index contributed by atoms with van der Waals surface area (Å²) in [6, 6.07) is 13.5. The van der Waals surface area contributed by atoms with Gasteiger partial charge in [-0.25, -0.2) is 9.18 Å². The second-order valence-electron chi connectivity index (χ2n) is 6.27. The average Bonchev–Trinajstić information content (AvgIpc) is 2.91. The minimum atomic E-state index is -0.262. The number of ether oxygens (including phenoxy) is 1. The molecule has 2 aromatic rings. The number of carbonyl (C=O) groups excluding carboxylic acids is 1. The molecule has 3 rings (SSSR count). The molecule has 25 heavy (non-hydrogen) atoms. The van der Waals surface area contributed by atoms with E-state index in [1.165, 1.54) is 25.0 Å². The summed E-state index contributed by atoms with van der Waals surface area (Å²) in [6.07, 6.45) is 4.51. The maximum Gasteiger partial charge on any atom is 0.321 e. The van der Waals surface area contributed by atoms with Gasteiger partial charge in [-0.3, -0.25) is 0 Å². The van der Waals surface area contributed by atoms with Gasteiger partial charge in [0.2, 0.25) is 0 Å². The molecule has 2 amide bonds. The molecule has 1 aliphatic heterocycles. The topological polar surface area (TPSA) is 41.6 Å². The Balaban J connectivity index is 1.57. The van der Waals surface area contributed by atoms with Crippen molar-refractivity contribution in [1.29, 1.82) is 0 Å². The molecule has 0 radical (unpaired) electrons. The van der Waals surface area contributed by atoms with Gasteiger partial charge < -0.3 is 15.0 Å². The predicted octanol–water partition coefficient (Wildman–Crippen LogP) is 4.81. The summed E-state index contributed by atoms with van der Waals surface area (Å²) in [4.78, 5) is 14.3. The number of nitrogens with one attached hydrogen (secondary N) is 1. The van der Waals surface area contributed by atoms with E-state index in [9.17, 15) is 9.18 Å². The molecule has 2 aromatic carbocycles. The van der Waals surface area contributed by atoms with Crippen molar-refractivity contribution in [2.24, 2.45) is 0 Å². The lowest BCUT2D eigenvalue weighted by atomic mass is 10.2. The Bertz CT molecular complexity index is 695. The number of urea groups is 1. The van der Waals surface area contributed by atoms with Gasteiger partial charge in [-0.2, -0.15) is 0 Å². The summed E-state index contributed by atoms with van der Waals surface area (Å²) in [5, 5.41) is 2.94. The highest BCUT2D eigenvalue weighted by molar-refractivity contribution is 5.89. The van der Waals surface area contributed by atoms with Gasteiger partial charge in [0.1, 0.15) is 18.2 Å². The third-order valence-corrected chi connectivity index (χ3v) is 4.30. The maximum atomic E-state index is 12.9. The van der Waals surface area contributed by atoms with Gasteiger partial charge in [0.15, 0.2) is 0 Å². The van der Waals surface area contributed by atoms with Crippen LogP contribution in [0.1, 0.15) is 31.2 Å². The molecule has 1 N–H and O–H groups in total. The van der Waals surface area contributed by atoms with Crippen molar-refractivity contribution in [3.63, 3.8) is 0 Å². The van der Waals surface area contributed by atoms with E-state index >= 15 is 0 Å². The number of hydrogen-bond acceptors (Lipinski definition) is 2. The smallest absolute Gasteiger partial charge is 0.321 e. The van der Waals surface area contributed by atoms with Crippen LogP contribution in [0.15, 0.2) is 48.5 Å². The van der Waals surface area contributed by atoms with Gasteiger partial charge in [0, 0.05) is 24.8 Å². The van der Waals surface area contributed by atoms with Crippen molar-refractivity contribution >= 4 is 11.7 Å². The van der Waals surface area contributed by atoms with Crippen LogP contribution in [-0.2, 0) is 6.61 Å². The zero-order chi connectivity index (χ0) is 17.5. The maximum absolute atomic E-state index is 12.9. The molecule has 5 heteroatoms. The zero-order valence-corrected chi connectivity index (χ0v) is 14.2. The van der Waals surface area contributed by atoms with Crippen LogP contribution < -0.4 is 10.1 Å². The van der Waals surface area contributed by atoms with Crippen molar-refractivity contribution in [3.8, 4) is 5.75 Å². The fraction of sp³-hybridized carbons (Fsp3) is 0.350. The Labute approximate surface area is 147 Å². The summed E-state index contributed by atoms with van der Waals surface area (Å²) in [7, 11) is 0. The van der Waals surface area contributed by atoms with Crippen LogP contribution in [0, 0.1) is 5.82 Å². The van der Waals surface area contributed by atoms with Gasteiger partial charge in [0.25, 0.3) is 0 Å². The third-order valence-electron chi connectivity index (χ3n) is 4.30. The minimum Gasteiger partial charge on any atom is -0.489 e. The molecule has 0 unspecified atom stereocenters. The number of nitrogens with zero attached hydrogens (tertiary/aromatic N) is 1. The molecule has 1 saturated heterocycles. The standard InChI is InChI=1S/C20H23FN2O2/c21-17-10-8-16(9-11-17)15-25-19-7-5-6-18(14-19)22-20(24)23-12-3-1-2-4-13-23/h5-11,14H,1-4,12-13,15H2,(H,22,24). The van der Waals surface area contributed by atoms with Crippen LogP contribution in [0.4, 0.5) is 14.9 Å². The van der Waals surface area contributed by atoms with Crippen LogP contribution in [0.3, 0.4) is 0 Å². The molecule has 1 heterocycles. The molecule has 0 aliphatic carbocycles. The first-order valence-corrected chi connectivity index (χ1v) is 8.74. The second-order valence-corrected chi connectivity index (χ2v) is 6.27. The van der Waals surface area contributed by atoms with Crippen LogP contribution in [0.2, 0.25) is 0 Å². The van der Waals surface area contributed by atoms with Crippen LogP contribution in [-0.4, -0.2) is 24.0 Å². The summed E-state index contributed by atoms with van der Waals surface area (Å²) in [5.41, 5.74) is 1.60. The van der Waals surface area contributed by atoms with Gasteiger partial charge in [-0.1, -0.05) is 31.0 Å². The molecule has 0 spiro atoms. The first-order valence-electron chi connectivity index (χ1n) is 8.74. The van der Waals surface area contributed by atoms with E-state index in [2.05, 4.69) is 5.32 Å². The number of benzene rings is 2. The van der Waals surface area contributed by atoms with Crippen molar-refractivity contribution in [3.05, 3.63) is 59.9 Å². The van der Waals surface area contributed by atoms with E-state index in [1.54, 1.807) is 18.2 Å². The SMILES string of the molecule is O=C(Nc1cccc(OCc2ccc(F)cc2)c1)N1CCCCCC1. The normalized spacial score (nSPS) is 14.7. The third kappa shape index (κ3) is 5.21. The lowest BCUT2D eigenvalue weighted by Gasteiger charge is -2.21. The molecule has 132 valence electrons. The molecule has 4 nitrogen and oxygen atoms in total. The monoisotopic (exact) mass is 342 g/mol. The lowest BCUT2D eigenvalue weighted by molar-refractivity contribution is 0.214. The number of likely N-dealkylation sites (tertiary alicyclic amines) is 1. The Kier molecular flexibility index (Phi) is 5.88. The molecule has 0 aromatic heterocycles. The number of carbonyl (C=O) groups is 1. The van der Waals surface area contributed by atoms with Crippen LogP contribution in [0.5, 0.6) is 5.75 Å². The summed E-state index contributed by atoms with van der Waals surface area (Å²) in [6.45, 7) is 1.98. The highest BCUT2D eigenvalue weighted by atomic mass is 19.1. The molecule has 1 aliphatic rings. The first kappa shape index (κ1) is 17.3. The van der Waals surface area contributed by atoms with E-state index in [-0.39, 0.29) is 11.8 Å². The van der Waals surface area contributed by atoms with Gasteiger partial charge in [-0.05, 0) is 42.7 Å². The lowest BCUT2D eigenvalue weighted by Crippen LogP contribution is -2.35. The number of rotatable bonds is 4. The number of amides is 2. The van der Waals surface area contributed by atoms with Crippen LogP contribution in [0.25, 0.3) is 0 Å². The minimum absolute atomic E-state index is 0.0578. The van der Waals surface area contributed by atoms with Gasteiger partial charge in [0.05, 0.1) is 0 Å². The average molecular weight is 342 g/mol. The zero-order valence-electron chi connectivity index (χ0n) is 14.2. The molecule has 0 bridgehead atoms. The van der Waals surface area contributed by atoms with E-state index in [0.717, 1.165) is 31.5 Å². The summed E-state index contributed by atoms with van der Waals surface area (Å²) < 4.78 is 18.7. The predicted molar refractivity (Wildman–Crippen MR) is 96.2 cm³/mol. The van der Waals surface area contributed by atoms with Gasteiger partial charge in [-0.15, -0.1) is 0 Å². The van der Waals surface area contributed by atoms with E-state index < -0.39 is 0 Å². The largest absolute Gasteiger partial charge is 0.489 e. The van der Waals surface area contributed by atoms with Crippen molar-refractivity contribution in [2.75, 3.05) is 18.4 Å². The molecule has 1 fully saturated rings. The van der Waals surface area contributed by atoms with E-state index in [0.29, 0.717) is 18.0 Å². The summed E-state index contributed by atoms with van der Waals surface area (Å²) in [5.74, 6) is 0.403. The van der Waals surface area contributed by atoms with E-state index in [4.69, 9.17) is 4.74 Å². The fourth-order valence-corrected chi connectivity index (χ4v) is 2.89. The van der Waals surface area contributed by atoms with Crippen molar-refractivity contribution in [2.45, 2.75) is 32.3 Å². The number of hydrogen-bond donors (Lipinski definition) is 1. The van der Waals surface area contributed by atoms with Crippen molar-refractivity contribution < 1.29 is 13.9 Å².